The van der Waals surface area contributed by atoms with E-state index in [1.807, 2.05) is 18.2 Å². The van der Waals surface area contributed by atoms with Crippen molar-refractivity contribution in [3.05, 3.63) is 35.4 Å². The molecular formula is C18H25NO2. The molecule has 0 aromatic heterocycles. The van der Waals surface area contributed by atoms with E-state index in [0.717, 1.165) is 24.8 Å². The molecule has 2 aliphatic carbocycles. The van der Waals surface area contributed by atoms with Gasteiger partial charge in [-0.2, -0.15) is 0 Å². The molecule has 0 radical (unpaired) electrons. The molecule has 3 heteroatoms. The monoisotopic (exact) mass is 287 g/mol. The molecule has 1 saturated carbocycles. The van der Waals surface area contributed by atoms with Crippen LogP contribution in [0.4, 0.5) is 0 Å². The van der Waals surface area contributed by atoms with E-state index in [0.29, 0.717) is 18.9 Å². The van der Waals surface area contributed by atoms with E-state index in [9.17, 15) is 9.90 Å². The highest BCUT2D eigenvalue weighted by molar-refractivity contribution is 5.76. The largest absolute Gasteiger partial charge is 0.383 e. The van der Waals surface area contributed by atoms with Gasteiger partial charge in [0, 0.05) is 6.42 Å². The molecule has 0 aliphatic heterocycles. The number of amides is 1. The standard InChI is InChI=1S/C18H25NO2/c20-17(12-14-6-1-2-7-14)19-13-18(21)11-5-9-15-8-3-4-10-16(15)18/h3-4,8,10,14,21H,1-2,5-7,9,11-13H2,(H,19,20). The van der Waals surface area contributed by atoms with Gasteiger partial charge in [-0.15, -0.1) is 0 Å². The van der Waals surface area contributed by atoms with Gasteiger partial charge >= 0.3 is 0 Å². The van der Waals surface area contributed by atoms with E-state index in [-0.39, 0.29) is 5.91 Å². The second-order valence-electron chi connectivity index (χ2n) is 6.67. The maximum Gasteiger partial charge on any atom is 0.220 e. The van der Waals surface area contributed by atoms with E-state index >= 15 is 0 Å². The Kier molecular flexibility index (Phi) is 4.29. The van der Waals surface area contributed by atoms with Crippen LogP contribution in [0.3, 0.4) is 0 Å². The maximum atomic E-state index is 12.1. The van der Waals surface area contributed by atoms with Gasteiger partial charge in [0.1, 0.15) is 5.60 Å². The summed E-state index contributed by atoms with van der Waals surface area (Å²) in [5, 5.41) is 13.9. The Hall–Kier alpha value is -1.35. The molecule has 0 bridgehead atoms. The summed E-state index contributed by atoms with van der Waals surface area (Å²) < 4.78 is 0. The van der Waals surface area contributed by atoms with E-state index < -0.39 is 5.60 Å². The highest BCUT2D eigenvalue weighted by Crippen LogP contribution is 2.34. The number of hydrogen-bond acceptors (Lipinski definition) is 2. The maximum absolute atomic E-state index is 12.1. The van der Waals surface area contributed by atoms with E-state index in [1.54, 1.807) is 0 Å². The minimum atomic E-state index is -0.889. The van der Waals surface area contributed by atoms with Crippen LogP contribution in [0, 0.1) is 5.92 Å². The van der Waals surface area contributed by atoms with Gasteiger partial charge in [0.25, 0.3) is 0 Å². The number of carbonyl (C=O) groups excluding carboxylic acids is 1. The Labute approximate surface area is 126 Å². The summed E-state index contributed by atoms with van der Waals surface area (Å²) in [6, 6.07) is 8.07. The van der Waals surface area contributed by atoms with Crippen LogP contribution in [-0.4, -0.2) is 17.6 Å². The number of aryl methyl sites for hydroxylation is 1. The Morgan fingerprint density at radius 2 is 2.00 bits per heavy atom. The quantitative estimate of drug-likeness (QED) is 0.894. The molecule has 1 amide bonds. The fourth-order valence-corrected chi connectivity index (χ4v) is 3.88. The predicted molar refractivity (Wildman–Crippen MR) is 82.9 cm³/mol. The highest BCUT2D eigenvalue weighted by atomic mass is 16.3. The van der Waals surface area contributed by atoms with Crippen molar-refractivity contribution in [3.63, 3.8) is 0 Å². The zero-order chi connectivity index (χ0) is 14.7. The lowest BCUT2D eigenvalue weighted by molar-refractivity contribution is -0.123. The predicted octanol–water partition coefficient (Wildman–Crippen LogP) is 2.91. The van der Waals surface area contributed by atoms with Crippen LogP contribution in [0.2, 0.25) is 0 Å². The molecule has 1 aromatic carbocycles. The second kappa shape index (κ2) is 6.18. The molecule has 2 aliphatic rings. The number of nitrogens with one attached hydrogen (secondary N) is 1. The summed E-state index contributed by atoms with van der Waals surface area (Å²) in [5.74, 6) is 0.650. The molecule has 2 N–H and O–H groups in total. The van der Waals surface area contributed by atoms with E-state index in [2.05, 4.69) is 11.4 Å². The summed E-state index contributed by atoms with van der Waals surface area (Å²) in [6.07, 6.45) is 8.23. The van der Waals surface area contributed by atoms with Gasteiger partial charge in [0.05, 0.1) is 6.54 Å². The van der Waals surface area contributed by atoms with Crippen LogP contribution >= 0.6 is 0 Å². The normalized spacial score (nSPS) is 25.6. The molecule has 114 valence electrons. The van der Waals surface area contributed by atoms with Crippen LogP contribution in [0.25, 0.3) is 0 Å². The van der Waals surface area contributed by atoms with Crippen molar-refractivity contribution < 1.29 is 9.90 Å². The van der Waals surface area contributed by atoms with Gasteiger partial charge in [-0.05, 0) is 49.1 Å². The topological polar surface area (TPSA) is 49.3 Å². The lowest BCUT2D eigenvalue weighted by Crippen LogP contribution is -2.43. The fourth-order valence-electron chi connectivity index (χ4n) is 3.88. The lowest BCUT2D eigenvalue weighted by Gasteiger charge is -2.34. The first-order valence-electron chi connectivity index (χ1n) is 8.25. The molecule has 1 atom stereocenters. The smallest absolute Gasteiger partial charge is 0.220 e. The number of aliphatic hydroxyl groups is 1. The Balaban J connectivity index is 1.60. The Morgan fingerprint density at radius 3 is 2.81 bits per heavy atom. The average molecular weight is 287 g/mol. The van der Waals surface area contributed by atoms with Crippen molar-refractivity contribution in [1.82, 2.24) is 5.32 Å². The van der Waals surface area contributed by atoms with Gasteiger partial charge in [0.2, 0.25) is 5.91 Å². The first-order valence-corrected chi connectivity index (χ1v) is 8.25. The van der Waals surface area contributed by atoms with E-state index in [1.165, 1.54) is 31.2 Å². The first-order chi connectivity index (χ1) is 10.2. The summed E-state index contributed by atoms with van der Waals surface area (Å²) in [7, 11) is 0. The summed E-state index contributed by atoms with van der Waals surface area (Å²) in [5.41, 5.74) is 1.33. The molecular weight excluding hydrogens is 262 g/mol. The molecule has 0 heterocycles. The van der Waals surface area contributed by atoms with Crippen LogP contribution in [0.15, 0.2) is 24.3 Å². The third-order valence-corrected chi connectivity index (χ3v) is 5.08. The molecule has 3 nitrogen and oxygen atoms in total. The van der Waals surface area contributed by atoms with Crippen LogP contribution < -0.4 is 5.32 Å². The number of rotatable bonds is 4. The molecule has 1 fully saturated rings. The third kappa shape index (κ3) is 3.29. The second-order valence-corrected chi connectivity index (χ2v) is 6.67. The fraction of sp³-hybridized carbons (Fsp3) is 0.611. The SMILES string of the molecule is O=C(CC1CCCC1)NCC1(O)CCCc2ccccc21. The van der Waals surface area contributed by atoms with Gasteiger partial charge in [0.15, 0.2) is 0 Å². The third-order valence-electron chi connectivity index (χ3n) is 5.08. The van der Waals surface area contributed by atoms with Crippen LogP contribution in [-0.2, 0) is 16.8 Å². The number of benzene rings is 1. The van der Waals surface area contributed by atoms with Gasteiger partial charge in [-0.3, -0.25) is 4.79 Å². The van der Waals surface area contributed by atoms with Crippen LogP contribution in [0.1, 0.15) is 56.1 Å². The molecule has 1 aromatic rings. The first kappa shape index (κ1) is 14.6. The summed E-state index contributed by atoms with van der Waals surface area (Å²) >= 11 is 0. The Morgan fingerprint density at radius 1 is 1.24 bits per heavy atom. The summed E-state index contributed by atoms with van der Waals surface area (Å²) in [6.45, 7) is 0.343. The molecule has 0 saturated heterocycles. The highest BCUT2D eigenvalue weighted by Gasteiger charge is 2.34. The average Bonchev–Trinajstić information content (AvgIpc) is 2.99. The van der Waals surface area contributed by atoms with Gasteiger partial charge < -0.3 is 10.4 Å². The molecule has 0 spiro atoms. The minimum Gasteiger partial charge on any atom is -0.383 e. The van der Waals surface area contributed by atoms with Crippen molar-refractivity contribution in [1.29, 1.82) is 0 Å². The lowest BCUT2D eigenvalue weighted by atomic mass is 9.79. The Bertz CT molecular complexity index is 508. The zero-order valence-corrected chi connectivity index (χ0v) is 12.6. The number of carbonyl (C=O) groups is 1. The van der Waals surface area contributed by atoms with Crippen molar-refractivity contribution >= 4 is 5.91 Å². The minimum absolute atomic E-state index is 0.0957. The van der Waals surface area contributed by atoms with Crippen LogP contribution in [0.5, 0.6) is 0 Å². The molecule has 3 rings (SSSR count). The van der Waals surface area contributed by atoms with Crippen molar-refractivity contribution in [3.8, 4) is 0 Å². The summed E-state index contributed by atoms with van der Waals surface area (Å²) in [4.78, 5) is 12.1. The number of fused-ring (bicyclic) bond motifs is 1. The van der Waals surface area contributed by atoms with Crippen molar-refractivity contribution in [2.45, 2.75) is 57.0 Å². The number of hydrogen-bond donors (Lipinski definition) is 2. The van der Waals surface area contributed by atoms with Gasteiger partial charge in [-0.25, -0.2) is 0 Å². The van der Waals surface area contributed by atoms with Crippen molar-refractivity contribution in [2.24, 2.45) is 5.92 Å². The van der Waals surface area contributed by atoms with Crippen molar-refractivity contribution in [2.75, 3.05) is 6.54 Å². The molecule has 1 unspecified atom stereocenters. The van der Waals surface area contributed by atoms with E-state index in [4.69, 9.17) is 0 Å². The van der Waals surface area contributed by atoms with Gasteiger partial charge in [-0.1, -0.05) is 37.1 Å². The molecule has 21 heavy (non-hydrogen) atoms. The zero-order valence-electron chi connectivity index (χ0n) is 12.6.